The van der Waals surface area contributed by atoms with Crippen LogP contribution in [0.25, 0.3) is 0 Å². The summed E-state index contributed by atoms with van der Waals surface area (Å²) in [5.74, 6) is 0.171. The number of nitrogens with one attached hydrogen (secondary N) is 1. The first-order chi connectivity index (χ1) is 9.69. The van der Waals surface area contributed by atoms with Crippen LogP contribution in [0.2, 0.25) is 0 Å². The molecule has 0 unspecified atom stereocenters. The molecule has 1 fully saturated rings. The summed E-state index contributed by atoms with van der Waals surface area (Å²) in [4.78, 5) is 26.1. The molecule has 0 radical (unpaired) electrons. The molecule has 2 heterocycles. The van der Waals surface area contributed by atoms with Crippen LogP contribution >= 0.6 is 0 Å². The van der Waals surface area contributed by atoms with Crippen LogP contribution in [-0.4, -0.2) is 64.8 Å². The molecule has 1 N–H and O–H groups in total. The molecular formula is C11H17N5O4. The molecule has 110 valence electrons. The number of anilines is 1. The molecule has 20 heavy (non-hydrogen) atoms. The van der Waals surface area contributed by atoms with Gasteiger partial charge in [0.15, 0.2) is 5.82 Å². The third kappa shape index (κ3) is 3.92. The summed E-state index contributed by atoms with van der Waals surface area (Å²) in [5, 5.41) is 10.3. The predicted molar refractivity (Wildman–Crippen MR) is 68.1 cm³/mol. The van der Waals surface area contributed by atoms with Crippen molar-refractivity contribution in [2.45, 2.75) is 13.5 Å². The molecule has 0 atom stereocenters. The fourth-order valence-electron chi connectivity index (χ4n) is 1.74. The smallest absolute Gasteiger partial charge is 0.412 e. The highest BCUT2D eigenvalue weighted by Gasteiger charge is 2.18. The van der Waals surface area contributed by atoms with Gasteiger partial charge in [-0.15, -0.1) is 5.10 Å². The Hall–Kier alpha value is -2.16. The van der Waals surface area contributed by atoms with Crippen molar-refractivity contribution in [3.05, 3.63) is 6.20 Å². The summed E-state index contributed by atoms with van der Waals surface area (Å²) in [6, 6.07) is 0. The van der Waals surface area contributed by atoms with Gasteiger partial charge in [0.05, 0.1) is 26.0 Å². The summed E-state index contributed by atoms with van der Waals surface area (Å²) in [5.41, 5.74) is 0. The number of hydrogen-bond donors (Lipinski definition) is 1. The number of amides is 2. The maximum atomic E-state index is 12.0. The van der Waals surface area contributed by atoms with Crippen molar-refractivity contribution in [1.82, 2.24) is 19.9 Å². The third-order valence-corrected chi connectivity index (χ3v) is 2.68. The van der Waals surface area contributed by atoms with Crippen molar-refractivity contribution in [3.8, 4) is 0 Å². The lowest BCUT2D eigenvalue weighted by molar-refractivity contribution is -0.136. The summed E-state index contributed by atoms with van der Waals surface area (Å²) >= 11 is 0. The number of carbonyl (C=O) groups is 2. The number of aromatic nitrogens is 3. The van der Waals surface area contributed by atoms with E-state index in [0.29, 0.717) is 26.3 Å². The van der Waals surface area contributed by atoms with Crippen LogP contribution in [0.4, 0.5) is 10.6 Å². The highest BCUT2D eigenvalue weighted by atomic mass is 16.5. The van der Waals surface area contributed by atoms with E-state index in [1.54, 1.807) is 11.8 Å². The SMILES string of the molecule is CCOC(=O)Nc1cnn(CC(=O)N2CCOCC2)n1. The number of rotatable bonds is 4. The lowest BCUT2D eigenvalue weighted by Crippen LogP contribution is -2.42. The Balaban J connectivity index is 1.85. The lowest BCUT2D eigenvalue weighted by atomic mass is 10.4. The minimum Gasteiger partial charge on any atom is -0.450 e. The standard InChI is InChI=1S/C11H17N5O4/c1-2-20-11(18)13-9-7-12-16(14-9)8-10(17)15-3-5-19-6-4-15/h7H,2-6,8H2,1H3,(H,13,14,18). The first-order valence-corrected chi connectivity index (χ1v) is 6.38. The van der Waals surface area contributed by atoms with Gasteiger partial charge in [0, 0.05) is 13.1 Å². The second kappa shape index (κ2) is 6.85. The Morgan fingerprint density at radius 1 is 1.45 bits per heavy atom. The van der Waals surface area contributed by atoms with E-state index in [1.807, 2.05) is 0 Å². The first kappa shape index (κ1) is 14.3. The van der Waals surface area contributed by atoms with Crippen molar-refractivity contribution in [3.63, 3.8) is 0 Å². The Morgan fingerprint density at radius 3 is 2.90 bits per heavy atom. The van der Waals surface area contributed by atoms with Crippen LogP contribution in [0.5, 0.6) is 0 Å². The quantitative estimate of drug-likeness (QED) is 0.815. The number of nitrogens with zero attached hydrogens (tertiary/aromatic N) is 4. The molecule has 2 rings (SSSR count). The third-order valence-electron chi connectivity index (χ3n) is 2.68. The topological polar surface area (TPSA) is 98.6 Å². The van der Waals surface area contributed by atoms with E-state index in [4.69, 9.17) is 9.47 Å². The summed E-state index contributed by atoms with van der Waals surface area (Å²) in [6.45, 7) is 4.27. The fourth-order valence-corrected chi connectivity index (χ4v) is 1.74. The monoisotopic (exact) mass is 283 g/mol. The normalized spacial score (nSPS) is 14.9. The van der Waals surface area contributed by atoms with Gasteiger partial charge in [0.25, 0.3) is 0 Å². The molecule has 0 bridgehead atoms. The van der Waals surface area contributed by atoms with Gasteiger partial charge in [-0.3, -0.25) is 10.1 Å². The number of carbonyl (C=O) groups excluding carboxylic acids is 2. The molecule has 2 amide bonds. The molecular weight excluding hydrogens is 266 g/mol. The summed E-state index contributed by atoms with van der Waals surface area (Å²) < 4.78 is 9.89. The average molecular weight is 283 g/mol. The molecule has 9 heteroatoms. The van der Waals surface area contributed by atoms with Crippen LogP contribution in [-0.2, 0) is 20.8 Å². The van der Waals surface area contributed by atoms with E-state index >= 15 is 0 Å². The zero-order valence-corrected chi connectivity index (χ0v) is 11.2. The van der Waals surface area contributed by atoms with Crippen LogP contribution in [0, 0.1) is 0 Å². The van der Waals surface area contributed by atoms with Crippen molar-refractivity contribution in [2.75, 3.05) is 38.2 Å². The Kier molecular flexibility index (Phi) is 4.88. The van der Waals surface area contributed by atoms with E-state index in [2.05, 4.69) is 15.5 Å². The van der Waals surface area contributed by atoms with E-state index < -0.39 is 6.09 Å². The molecule has 1 aliphatic heterocycles. The van der Waals surface area contributed by atoms with Crippen LogP contribution < -0.4 is 5.32 Å². The van der Waals surface area contributed by atoms with Crippen molar-refractivity contribution in [2.24, 2.45) is 0 Å². The zero-order chi connectivity index (χ0) is 14.4. The van der Waals surface area contributed by atoms with Crippen molar-refractivity contribution < 1.29 is 19.1 Å². The molecule has 0 saturated carbocycles. The van der Waals surface area contributed by atoms with Crippen molar-refractivity contribution in [1.29, 1.82) is 0 Å². The van der Waals surface area contributed by atoms with Gasteiger partial charge < -0.3 is 14.4 Å². The van der Waals surface area contributed by atoms with Gasteiger partial charge in [-0.2, -0.15) is 9.90 Å². The second-order valence-electron chi connectivity index (χ2n) is 4.10. The maximum Gasteiger partial charge on any atom is 0.412 e. The van der Waals surface area contributed by atoms with Gasteiger partial charge in [0.2, 0.25) is 5.91 Å². The Morgan fingerprint density at radius 2 is 2.20 bits per heavy atom. The molecule has 0 aromatic carbocycles. The number of hydrogen-bond acceptors (Lipinski definition) is 6. The molecule has 1 aromatic heterocycles. The van der Waals surface area contributed by atoms with Crippen LogP contribution in [0.3, 0.4) is 0 Å². The summed E-state index contributed by atoms with van der Waals surface area (Å²) in [6.07, 6.45) is 0.767. The van der Waals surface area contributed by atoms with Gasteiger partial charge in [-0.25, -0.2) is 4.79 Å². The maximum absolute atomic E-state index is 12.0. The lowest BCUT2D eigenvalue weighted by Gasteiger charge is -2.26. The number of ether oxygens (including phenoxy) is 2. The molecule has 1 saturated heterocycles. The van der Waals surface area contributed by atoms with E-state index in [0.717, 1.165) is 0 Å². The number of morpholine rings is 1. The predicted octanol–water partition coefficient (Wildman–Crippen LogP) is -0.295. The molecule has 1 aliphatic rings. The van der Waals surface area contributed by atoms with Gasteiger partial charge in [-0.05, 0) is 6.92 Å². The fraction of sp³-hybridized carbons (Fsp3) is 0.636. The highest BCUT2D eigenvalue weighted by Crippen LogP contribution is 2.02. The van der Waals surface area contributed by atoms with Gasteiger partial charge in [0.1, 0.15) is 6.54 Å². The van der Waals surface area contributed by atoms with Crippen molar-refractivity contribution >= 4 is 17.8 Å². The molecule has 9 nitrogen and oxygen atoms in total. The highest BCUT2D eigenvalue weighted by molar-refractivity contribution is 5.83. The largest absolute Gasteiger partial charge is 0.450 e. The minimum absolute atomic E-state index is 0.0322. The average Bonchev–Trinajstić information content (AvgIpc) is 2.87. The van der Waals surface area contributed by atoms with E-state index in [1.165, 1.54) is 11.0 Å². The second-order valence-corrected chi connectivity index (χ2v) is 4.10. The van der Waals surface area contributed by atoms with E-state index in [9.17, 15) is 9.59 Å². The van der Waals surface area contributed by atoms with Gasteiger partial charge >= 0.3 is 6.09 Å². The summed E-state index contributed by atoms with van der Waals surface area (Å²) in [7, 11) is 0. The minimum atomic E-state index is -0.598. The van der Waals surface area contributed by atoms with Gasteiger partial charge in [-0.1, -0.05) is 0 Å². The van der Waals surface area contributed by atoms with Crippen LogP contribution in [0.1, 0.15) is 6.92 Å². The molecule has 0 spiro atoms. The van der Waals surface area contributed by atoms with Crippen LogP contribution in [0.15, 0.2) is 6.20 Å². The Labute approximate surface area is 115 Å². The van der Waals surface area contributed by atoms with E-state index in [-0.39, 0.29) is 24.9 Å². The zero-order valence-electron chi connectivity index (χ0n) is 11.2. The first-order valence-electron chi connectivity index (χ1n) is 6.38. The molecule has 1 aromatic rings. The Bertz CT molecular complexity index is 469. The molecule has 0 aliphatic carbocycles.